The molecule has 3 aromatic carbocycles. The second kappa shape index (κ2) is 9.69. The van der Waals surface area contributed by atoms with Crippen molar-refractivity contribution in [3.63, 3.8) is 0 Å². The molecule has 4 aromatic rings. The van der Waals surface area contributed by atoms with E-state index in [9.17, 15) is 4.79 Å². The predicted octanol–water partition coefficient (Wildman–Crippen LogP) is 6.05. The zero-order valence-electron chi connectivity index (χ0n) is 19.8. The fraction of sp³-hybridized carbons (Fsp3) is 0.222. The Morgan fingerprint density at radius 2 is 1.76 bits per heavy atom. The van der Waals surface area contributed by atoms with Gasteiger partial charge in [-0.15, -0.1) is 0 Å². The molecule has 0 atom stereocenters. The quantitative estimate of drug-likeness (QED) is 0.318. The van der Waals surface area contributed by atoms with Gasteiger partial charge in [-0.2, -0.15) is 9.78 Å². The van der Waals surface area contributed by atoms with Gasteiger partial charge < -0.3 is 9.47 Å². The lowest BCUT2D eigenvalue weighted by molar-refractivity contribution is 0.407. The van der Waals surface area contributed by atoms with Crippen molar-refractivity contribution in [3.8, 4) is 22.9 Å². The maximum atomic E-state index is 13.5. The van der Waals surface area contributed by atoms with Gasteiger partial charge in [-0.05, 0) is 72.0 Å². The summed E-state index contributed by atoms with van der Waals surface area (Å²) in [5, 5.41) is 5.50. The van der Waals surface area contributed by atoms with Crippen LogP contribution in [-0.2, 0) is 0 Å². The summed E-state index contributed by atoms with van der Waals surface area (Å²) in [4.78, 5) is 18.3. The predicted molar refractivity (Wildman–Crippen MR) is 138 cm³/mol. The summed E-state index contributed by atoms with van der Waals surface area (Å²) < 4.78 is 12.2. The van der Waals surface area contributed by atoms with Crippen LogP contribution >= 0.6 is 11.6 Å². The Morgan fingerprint density at radius 3 is 2.44 bits per heavy atom. The number of aryl methyl sites for hydroxylation is 1. The SMILES string of the molecule is COc1ccc(C=Nn2c(-c3cc(C(C)C)c(OC)cc3C)nc3ccccc3c2=O)cc1Cl. The lowest BCUT2D eigenvalue weighted by atomic mass is 9.96. The van der Waals surface area contributed by atoms with Crippen molar-refractivity contribution in [1.82, 2.24) is 9.66 Å². The average molecular weight is 476 g/mol. The van der Waals surface area contributed by atoms with Crippen LogP contribution in [0.15, 0.2) is 64.5 Å². The zero-order chi connectivity index (χ0) is 24.4. The van der Waals surface area contributed by atoms with Gasteiger partial charge in [-0.3, -0.25) is 4.79 Å². The summed E-state index contributed by atoms with van der Waals surface area (Å²) in [6.45, 7) is 6.17. The Labute approximate surface area is 203 Å². The van der Waals surface area contributed by atoms with Crippen LogP contribution in [0.25, 0.3) is 22.3 Å². The molecule has 34 heavy (non-hydrogen) atoms. The minimum absolute atomic E-state index is 0.222. The highest BCUT2D eigenvalue weighted by Gasteiger charge is 2.18. The maximum absolute atomic E-state index is 13.5. The molecule has 1 aromatic heterocycles. The summed E-state index contributed by atoms with van der Waals surface area (Å²) in [5.74, 6) is 2.06. The zero-order valence-corrected chi connectivity index (χ0v) is 20.6. The largest absolute Gasteiger partial charge is 0.496 e. The van der Waals surface area contributed by atoms with Gasteiger partial charge in [-0.1, -0.05) is 37.6 Å². The normalized spacial score (nSPS) is 11.5. The first-order valence-electron chi connectivity index (χ1n) is 10.9. The number of rotatable bonds is 6. The summed E-state index contributed by atoms with van der Waals surface area (Å²) in [5.41, 5.74) is 3.87. The van der Waals surface area contributed by atoms with Gasteiger partial charge in [0.05, 0.1) is 36.4 Å². The molecule has 0 unspecified atom stereocenters. The molecule has 6 nitrogen and oxygen atoms in total. The summed E-state index contributed by atoms with van der Waals surface area (Å²) >= 11 is 6.26. The number of ether oxygens (including phenoxy) is 2. The minimum atomic E-state index is -0.252. The molecule has 0 aliphatic heterocycles. The van der Waals surface area contributed by atoms with Gasteiger partial charge in [0, 0.05) is 5.56 Å². The van der Waals surface area contributed by atoms with Gasteiger partial charge in [0.1, 0.15) is 11.5 Å². The third-order valence-electron chi connectivity index (χ3n) is 5.69. The minimum Gasteiger partial charge on any atom is -0.496 e. The van der Waals surface area contributed by atoms with Crippen LogP contribution in [0.2, 0.25) is 5.02 Å². The van der Waals surface area contributed by atoms with Crippen LogP contribution in [0.3, 0.4) is 0 Å². The molecule has 0 saturated carbocycles. The van der Waals surface area contributed by atoms with Crippen LogP contribution in [0, 0.1) is 6.92 Å². The lowest BCUT2D eigenvalue weighted by Gasteiger charge is -2.17. The summed E-state index contributed by atoms with van der Waals surface area (Å²) in [6.07, 6.45) is 1.59. The van der Waals surface area contributed by atoms with E-state index in [2.05, 4.69) is 18.9 Å². The third kappa shape index (κ3) is 4.41. The van der Waals surface area contributed by atoms with Crippen molar-refractivity contribution in [3.05, 3.63) is 86.7 Å². The number of hydrogen-bond donors (Lipinski definition) is 0. The van der Waals surface area contributed by atoms with Crippen molar-refractivity contribution < 1.29 is 9.47 Å². The van der Waals surface area contributed by atoms with Crippen LogP contribution in [0.1, 0.15) is 36.5 Å². The molecule has 0 radical (unpaired) electrons. The van der Waals surface area contributed by atoms with E-state index in [1.54, 1.807) is 38.6 Å². The molecule has 0 bridgehead atoms. The Balaban J connectivity index is 1.96. The highest BCUT2D eigenvalue weighted by molar-refractivity contribution is 6.32. The fourth-order valence-corrected chi connectivity index (χ4v) is 4.13. The van der Waals surface area contributed by atoms with Crippen LogP contribution < -0.4 is 15.0 Å². The standard InChI is InChI=1S/C27H26ClN3O3/c1-16(2)20-14-21(17(3)12-25(20)34-5)26-30-23-9-7-6-8-19(23)27(32)31(26)29-15-18-10-11-24(33-4)22(28)13-18/h6-16H,1-5H3. The molecule has 0 fully saturated rings. The van der Waals surface area contributed by atoms with Crippen LogP contribution in [0.4, 0.5) is 0 Å². The van der Waals surface area contributed by atoms with Crippen LogP contribution in [0.5, 0.6) is 11.5 Å². The van der Waals surface area contributed by atoms with E-state index in [-0.39, 0.29) is 11.5 Å². The number of para-hydroxylation sites is 1. The molecular formula is C27H26ClN3O3. The topological polar surface area (TPSA) is 65.7 Å². The van der Waals surface area contributed by atoms with Gasteiger partial charge in [0.15, 0.2) is 5.82 Å². The van der Waals surface area contributed by atoms with Crippen molar-refractivity contribution in [2.75, 3.05) is 14.2 Å². The monoisotopic (exact) mass is 475 g/mol. The van der Waals surface area contributed by atoms with E-state index in [1.165, 1.54) is 4.68 Å². The second-order valence-electron chi connectivity index (χ2n) is 8.27. The number of methoxy groups -OCH3 is 2. The Morgan fingerprint density at radius 1 is 1.03 bits per heavy atom. The molecule has 1 heterocycles. The molecule has 174 valence electrons. The Kier molecular flexibility index (Phi) is 6.70. The molecule has 0 aliphatic rings. The fourth-order valence-electron chi connectivity index (χ4n) is 3.86. The smallest absolute Gasteiger partial charge is 0.282 e. The first-order chi connectivity index (χ1) is 16.3. The van der Waals surface area contributed by atoms with Gasteiger partial charge in [0.25, 0.3) is 5.56 Å². The Bertz CT molecular complexity index is 1460. The van der Waals surface area contributed by atoms with Crippen LogP contribution in [-0.4, -0.2) is 30.1 Å². The van der Waals surface area contributed by atoms with Crippen molar-refractivity contribution >= 4 is 28.7 Å². The number of nitrogens with zero attached hydrogens (tertiary/aromatic N) is 3. The van der Waals surface area contributed by atoms with Crippen molar-refractivity contribution in [2.24, 2.45) is 5.10 Å². The molecule has 0 saturated heterocycles. The molecule has 4 rings (SSSR count). The number of fused-ring (bicyclic) bond motifs is 1. The molecule has 7 heteroatoms. The number of benzene rings is 3. The maximum Gasteiger partial charge on any atom is 0.282 e. The molecule has 0 amide bonds. The molecule has 0 N–H and O–H groups in total. The van der Waals surface area contributed by atoms with E-state index in [0.29, 0.717) is 27.5 Å². The number of aromatic nitrogens is 2. The van der Waals surface area contributed by atoms with E-state index in [0.717, 1.165) is 28.0 Å². The summed E-state index contributed by atoms with van der Waals surface area (Å²) in [7, 11) is 3.22. The van der Waals surface area contributed by atoms with Gasteiger partial charge >= 0.3 is 0 Å². The molecular weight excluding hydrogens is 450 g/mol. The molecule has 0 spiro atoms. The van der Waals surface area contributed by atoms with Gasteiger partial charge in [-0.25, -0.2) is 4.98 Å². The summed E-state index contributed by atoms with van der Waals surface area (Å²) in [6, 6.07) is 16.6. The Hall–Kier alpha value is -3.64. The van der Waals surface area contributed by atoms with Crippen molar-refractivity contribution in [1.29, 1.82) is 0 Å². The van der Waals surface area contributed by atoms with E-state index >= 15 is 0 Å². The van der Waals surface area contributed by atoms with E-state index < -0.39 is 0 Å². The van der Waals surface area contributed by atoms with E-state index in [4.69, 9.17) is 26.1 Å². The lowest BCUT2D eigenvalue weighted by Crippen LogP contribution is -2.20. The third-order valence-corrected chi connectivity index (χ3v) is 5.99. The number of hydrogen-bond acceptors (Lipinski definition) is 5. The average Bonchev–Trinajstić information content (AvgIpc) is 2.83. The highest BCUT2D eigenvalue weighted by atomic mass is 35.5. The first kappa shape index (κ1) is 23.5. The first-order valence-corrected chi connectivity index (χ1v) is 11.3. The van der Waals surface area contributed by atoms with Gasteiger partial charge in [0.2, 0.25) is 0 Å². The highest BCUT2D eigenvalue weighted by Crippen LogP contribution is 2.34. The van der Waals surface area contributed by atoms with Crippen molar-refractivity contribution in [2.45, 2.75) is 26.7 Å². The second-order valence-corrected chi connectivity index (χ2v) is 8.68. The van der Waals surface area contributed by atoms with E-state index in [1.807, 2.05) is 43.3 Å². The molecule has 0 aliphatic carbocycles. The number of halogens is 1.